The molecule has 2 aromatic rings. The molecule has 2 atom stereocenters. The third-order valence-electron chi connectivity index (χ3n) is 4.45. The fourth-order valence-corrected chi connectivity index (χ4v) is 3.35. The van der Waals surface area contributed by atoms with Gasteiger partial charge in [0.1, 0.15) is 11.9 Å². The maximum absolute atomic E-state index is 13.3. The molecule has 4 nitrogen and oxygen atoms in total. The van der Waals surface area contributed by atoms with Crippen LogP contribution >= 0.6 is 0 Å². The SMILES string of the molecule is Cc1cnccc1C(c1ccc(F)cc1)N1CCCC1C(=O)O. The molecule has 1 aromatic heterocycles. The quantitative estimate of drug-likeness (QED) is 0.942. The van der Waals surface area contributed by atoms with E-state index in [1.165, 1.54) is 12.1 Å². The first-order valence-electron chi connectivity index (χ1n) is 7.72. The van der Waals surface area contributed by atoms with Gasteiger partial charge in [0.2, 0.25) is 0 Å². The minimum atomic E-state index is -0.804. The molecule has 120 valence electrons. The van der Waals surface area contributed by atoms with Crippen molar-refractivity contribution in [2.45, 2.75) is 31.8 Å². The van der Waals surface area contributed by atoms with Crippen molar-refractivity contribution in [1.29, 1.82) is 0 Å². The number of hydrogen-bond acceptors (Lipinski definition) is 3. The zero-order valence-electron chi connectivity index (χ0n) is 12.9. The summed E-state index contributed by atoms with van der Waals surface area (Å²) in [5.41, 5.74) is 2.91. The van der Waals surface area contributed by atoms with Crippen LogP contribution in [0.1, 0.15) is 35.6 Å². The lowest BCUT2D eigenvalue weighted by Crippen LogP contribution is -2.39. The Morgan fingerprint density at radius 1 is 1.35 bits per heavy atom. The number of rotatable bonds is 4. The Kier molecular flexibility index (Phi) is 4.39. The highest BCUT2D eigenvalue weighted by atomic mass is 19.1. The lowest BCUT2D eigenvalue weighted by Gasteiger charge is -2.32. The largest absolute Gasteiger partial charge is 0.480 e. The number of likely N-dealkylation sites (tertiary alicyclic amines) is 1. The van der Waals surface area contributed by atoms with E-state index < -0.39 is 12.0 Å². The Bertz CT molecular complexity index is 702. The van der Waals surface area contributed by atoms with E-state index in [4.69, 9.17) is 0 Å². The summed E-state index contributed by atoms with van der Waals surface area (Å²) in [6.07, 6.45) is 4.97. The van der Waals surface area contributed by atoms with Gasteiger partial charge >= 0.3 is 5.97 Å². The number of aryl methyl sites for hydroxylation is 1. The van der Waals surface area contributed by atoms with Crippen molar-refractivity contribution in [3.8, 4) is 0 Å². The summed E-state index contributed by atoms with van der Waals surface area (Å²) in [6.45, 7) is 2.67. The molecule has 0 radical (unpaired) electrons. The number of hydrogen-bond donors (Lipinski definition) is 1. The third-order valence-corrected chi connectivity index (χ3v) is 4.45. The molecule has 1 fully saturated rings. The van der Waals surface area contributed by atoms with E-state index >= 15 is 0 Å². The fourth-order valence-electron chi connectivity index (χ4n) is 3.35. The van der Waals surface area contributed by atoms with Crippen molar-refractivity contribution in [2.75, 3.05) is 6.54 Å². The summed E-state index contributed by atoms with van der Waals surface area (Å²) in [5, 5.41) is 9.53. The molecule has 1 saturated heterocycles. The second-order valence-electron chi connectivity index (χ2n) is 5.92. The molecule has 1 N–H and O–H groups in total. The van der Waals surface area contributed by atoms with Crippen LogP contribution in [0.3, 0.4) is 0 Å². The highest BCUT2D eigenvalue weighted by Crippen LogP contribution is 2.36. The minimum absolute atomic E-state index is 0.206. The van der Waals surface area contributed by atoms with Gasteiger partial charge in [-0.2, -0.15) is 0 Å². The summed E-state index contributed by atoms with van der Waals surface area (Å²) in [5.74, 6) is -1.10. The summed E-state index contributed by atoms with van der Waals surface area (Å²) in [7, 11) is 0. The van der Waals surface area contributed by atoms with Crippen LogP contribution in [0.25, 0.3) is 0 Å². The monoisotopic (exact) mass is 314 g/mol. The first-order chi connectivity index (χ1) is 11.1. The van der Waals surface area contributed by atoms with Crippen molar-refractivity contribution < 1.29 is 14.3 Å². The third kappa shape index (κ3) is 3.10. The second-order valence-corrected chi connectivity index (χ2v) is 5.92. The molecule has 0 saturated carbocycles. The van der Waals surface area contributed by atoms with E-state index in [1.807, 2.05) is 17.9 Å². The number of carbonyl (C=O) groups is 1. The smallest absolute Gasteiger partial charge is 0.320 e. The van der Waals surface area contributed by atoms with Gasteiger partial charge in [-0.25, -0.2) is 4.39 Å². The van der Waals surface area contributed by atoms with Crippen LogP contribution in [-0.4, -0.2) is 33.5 Å². The highest BCUT2D eigenvalue weighted by molar-refractivity contribution is 5.74. The molecule has 2 heterocycles. The topological polar surface area (TPSA) is 53.4 Å². The van der Waals surface area contributed by atoms with Crippen molar-refractivity contribution in [2.24, 2.45) is 0 Å². The molecule has 0 amide bonds. The Morgan fingerprint density at radius 2 is 2.09 bits per heavy atom. The standard InChI is InChI=1S/C18H19FN2O2/c1-12-11-20-9-8-15(12)17(13-4-6-14(19)7-5-13)21-10-2-3-16(21)18(22)23/h4-9,11,16-17H,2-3,10H2,1H3,(H,22,23). The van der Waals surface area contributed by atoms with Gasteiger partial charge in [0, 0.05) is 18.9 Å². The lowest BCUT2D eigenvalue weighted by molar-refractivity contribution is -0.142. The summed E-state index contributed by atoms with van der Waals surface area (Å²) in [4.78, 5) is 17.7. The molecule has 0 spiro atoms. The molecule has 0 aliphatic carbocycles. The van der Waals surface area contributed by atoms with Crippen LogP contribution in [0.2, 0.25) is 0 Å². The van der Waals surface area contributed by atoms with E-state index in [2.05, 4.69) is 4.98 Å². The average Bonchev–Trinajstić information content (AvgIpc) is 3.01. The van der Waals surface area contributed by atoms with Crippen molar-refractivity contribution in [3.63, 3.8) is 0 Å². The van der Waals surface area contributed by atoms with E-state index in [0.717, 1.165) is 23.1 Å². The lowest BCUT2D eigenvalue weighted by atomic mass is 9.94. The summed E-state index contributed by atoms with van der Waals surface area (Å²) < 4.78 is 13.3. The van der Waals surface area contributed by atoms with Gasteiger partial charge in [-0.1, -0.05) is 12.1 Å². The van der Waals surface area contributed by atoms with Gasteiger partial charge < -0.3 is 5.11 Å². The van der Waals surface area contributed by atoms with Crippen LogP contribution in [0.5, 0.6) is 0 Å². The van der Waals surface area contributed by atoms with E-state index in [-0.39, 0.29) is 11.9 Å². The van der Waals surface area contributed by atoms with E-state index in [1.54, 1.807) is 24.5 Å². The van der Waals surface area contributed by atoms with Crippen LogP contribution in [0.4, 0.5) is 4.39 Å². The molecule has 23 heavy (non-hydrogen) atoms. The Balaban J connectivity index is 2.08. The van der Waals surface area contributed by atoms with E-state index in [9.17, 15) is 14.3 Å². The molecule has 1 aliphatic rings. The normalized spacial score (nSPS) is 19.7. The predicted molar refractivity (Wildman–Crippen MR) is 84.6 cm³/mol. The predicted octanol–water partition coefficient (Wildman–Crippen LogP) is 3.17. The summed E-state index contributed by atoms with van der Waals surface area (Å²) in [6, 6.07) is 7.50. The number of halogens is 1. The van der Waals surface area contributed by atoms with Gasteiger partial charge in [-0.05, 0) is 54.7 Å². The zero-order valence-corrected chi connectivity index (χ0v) is 12.9. The van der Waals surface area contributed by atoms with Crippen LogP contribution < -0.4 is 0 Å². The second kappa shape index (κ2) is 6.46. The van der Waals surface area contributed by atoms with Crippen LogP contribution in [-0.2, 0) is 4.79 Å². The van der Waals surface area contributed by atoms with Gasteiger partial charge in [-0.15, -0.1) is 0 Å². The number of carboxylic acid groups (broad SMARTS) is 1. The number of pyridine rings is 1. The number of nitrogens with zero attached hydrogens (tertiary/aromatic N) is 2. The molecule has 2 unspecified atom stereocenters. The molecule has 3 rings (SSSR count). The average molecular weight is 314 g/mol. The number of aromatic nitrogens is 1. The van der Waals surface area contributed by atoms with E-state index in [0.29, 0.717) is 13.0 Å². The minimum Gasteiger partial charge on any atom is -0.480 e. The molecule has 5 heteroatoms. The maximum atomic E-state index is 13.3. The zero-order chi connectivity index (χ0) is 16.4. The van der Waals surface area contributed by atoms with Gasteiger partial charge in [0.05, 0.1) is 6.04 Å². The number of carboxylic acids is 1. The number of benzene rings is 1. The fraction of sp³-hybridized carbons (Fsp3) is 0.333. The molecule has 0 bridgehead atoms. The Morgan fingerprint density at radius 3 is 2.74 bits per heavy atom. The van der Waals surface area contributed by atoms with Gasteiger partial charge in [0.25, 0.3) is 0 Å². The van der Waals surface area contributed by atoms with Crippen LogP contribution in [0, 0.1) is 12.7 Å². The van der Waals surface area contributed by atoms with Crippen molar-refractivity contribution in [1.82, 2.24) is 9.88 Å². The van der Waals surface area contributed by atoms with Crippen molar-refractivity contribution in [3.05, 3.63) is 65.2 Å². The highest BCUT2D eigenvalue weighted by Gasteiger charge is 2.37. The molecule has 1 aromatic carbocycles. The first-order valence-corrected chi connectivity index (χ1v) is 7.72. The Hall–Kier alpha value is -2.27. The number of aliphatic carboxylic acids is 1. The van der Waals surface area contributed by atoms with Crippen LogP contribution in [0.15, 0.2) is 42.7 Å². The van der Waals surface area contributed by atoms with Gasteiger partial charge in [0.15, 0.2) is 0 Å². The van der Waals surface area contributed by atoms with Crippen molar-refractivity contribution >= 4 is 5.97 Å². The maximum Gasteiger partial charge on any atom is 0.320 e. The van der Waals surface area contributed by atoms with Gasteiger partial charge in [-0.3, -0.25) is 14.7 Å². The first kappa shape index (κ1) is 15.6. The molecule has 1 aliphatic heterocycles. The Labute approximate surface area is 134 Å². The summed E-state index contributed by atoms with van der Waals surface area (Å²) >= 11 is 0. The molecular formula is C18H19FN2O2. The molecular weight excluding hydrogens is 295 g/mol.